The minimum atomic E-state index is -5.16. The van der Waals surface area contributed by atoms with E-state index in [9.17, 15) is 50.0 Å². The van der Waals surface area contributed by atoms with E-state index in [1.54, 1.807) is 6.08 Å². The third-order valence-electron chi connectivity index (χ3n) is 12.7. The van der Waals surface area contributed by atoms with Crippen LogP contribution in [0.1, 0.15) is 226 Å². The first-order valence-electron chi connectivity index (χ1n) is 26.5. The SMILES string of the molecule is CCCCCCCCCCCC/C=C/CC/C=C/CC/C=C/C(O)C(COP(=O)(O)OC1C(O)C(O)C(O)C(O)C1O)NC(=O)CC(O)CCCCCCCCCCCCCCCCCC. The molecule has 0 bridgehead atoms. The lowest BCUT2D eigenvalue weighted by atomic mass is 9.85. The number of unbranched alkanes of at least 4 members (excludes halogenated alkanes) is 27. The van der Waals surface area contributed by atoms with Crippen molar-refractivity contribution < 1.29 is 59.0 Å². The number of aliphatic hydroxyl groups excluding tert-OH is 7. The van der Waals surface area contributed by atoms with E-state index < -0.39 is 75.2 Å². The van der Waals surface area contributed by atoms with Crippen LogP contribution in [-0.2, 0) is 18.4 Å². The third kappa shape index (κ3) is 32.4. The Morgan fingerprint density at radius 3 is 1.33 bits per heavy atom. The van der Waals surface area contributed by atoms with Gasteiger partial charge in [0.25, 0.3) is 0 Å². The molecular formula is C52H98NO12P. The zero-order valence-electron chi connectivity index (χ0n) is 41.4. The van der Waals surface area contributed by atoms with E-state index in [2.05, 4.69) is 43.5 Å². The lowest BCUT2D eigenvalue weighted by Crippen LogP contribution is -2.64. The standard InChI is InChI=1S/C52H98NO12P/c1-3-5-7-9-11-13-15-17-19-21-22-23-24-26-28-30-32-34-36-38-40-45(55)44(42-64-66(62,63)65-52-50(60)48(58)47(57)49(59)51(52)61)53-46(56)41-43(54)39-37-35-33-31-29-27-25-20-18-16-14-12-10-8-6-4-2/h23-24,30,32,38,40,43-45,47-52,54-55,57-61H,3-22,25-29,31,33-37,39,41-42H2,1-2H3,(H,53,56)(H,62,63)/b24-23+,32-30+,40-38+. The lowest BCUT2D eigenvalue weighted by molar-refractivity contribution is -0.220. The number of aliphatic hydroxyl groups is 7. The smallest absolute Gasteiger partial charge is 0.393 e. The second kappa shape index (κ2) is 41.3. The number of phosphoric ester groups is 1. The molecule has 9 N–H and O–H groups in total. The number of phosphoric acid groups is 1. The molecule has 13 nitrogen and oxygen atoms in total. The van der Waals surface area contributed by atoms with Gasteiger partial charge in [0.15, 0.2) is 0 Å². The Kier molecular flexibility index (Phi) is 39.1. The van der Waals surface area contributed by atoms with Crippen LogP contribution in [0.4, 0.5) is 0 Å². The summed E-state index contributed by atoms with van der Waals surface area (Å²) in [6.45, 7) is 3.75. The normalized spacial score (nSPS) is 22.6. The highest BCUT2D eigenvalue weighted by Crippen LogP contribution is 2.47. The molecule has 0 aromatic rings. The first-order valence-corrected chi connectivity index (χ1v) is 28.0. The molecule has 8 atom stereocenters. The molecule has 0 aromatic carbocycles. The van der Waals surface area contributed by atoms with Crippen LogP contribution in [-0.4, -0.2) is 108 Å². The zero-order chi connectivity index (χ0) is 48.7. The largest absolute Gasteiger partial charge is 0.472 e. The van der Waals surface area contributed by atoms with E-state index >= 15 is 0 Å². The number of hydrogen-bond donors (Lipinski definition) is 9. The zero-order valence-corrected chi connectivity index (χ0v) is 42.3. The van der Waals surface area contributed by atoms with E-state index in [-0.39, 0.29) is 6.42 Å². The Hall–Kier alpha value is -1.48. The van der Waals surface area contributed by atoms with Crippen molar-refractivity contribution in [3.63, 3.8) is 0 Å². The maximum absolute atomic E-state index is 13.0. The fraction of sp³-hybridized carbons (Fsp3) is 0.865. The number of hydrogen-bond acceptors (Lipinski definition) is 11. The number of carbonyl (C=O) groups excluding carboxylic acids is 1. The van der Waals surface area contributed by atoms with Gasteiger partial charge in [-0.05, 0) is 44.9 Å². The number of amides is 1. The van der Waals surface area contributed by atoms with Crippen molar-refractivity contribution in [1.82, 2.24) is 5.32 Å². The van der Waals surface area contributed by atoms with Gasteiger partial charge in [0.05, 0.1) is 31.3 Å². The summed E-state index contributed by atoms with van der Waals surface area (Å²) in [4.78, 5) is 23.5. The van der Waals surface area contributed by atoms with Gasteiger partial charge in [0.1, 0.15) is 36.6 Å². The van der Waals surface area contributed by atoms with E-state index in [4.69, 9.17) is 9.05 Å². The highest BCUT2D eigenvalue weighted by atomic mass is 31.2. The molecule has 1 amide bonds. The van der Waals surface area contributed by atoms with Gasteiger partial charge in [-0.1, -0.05) is 211 Å². The predicted molar refractivity (Wildman–Crippen MR) is 266 cm³/mol. The average molecular weight is 960 g/mol. The summed E-state index contributed by atoms with van der Waals surface area (Å²) in [7, 11) is -5.16. The Morgan fingerprint density at radius 2 is 0.894 bits per heavy atom. The molecular weight excluding hydrogens is 862 g/mol. The first kappa shape index (κ1) is 62.5. The maximum atomic E-state index is 13.0. The highest BCUT2D eigenvalue weighted by molar-refractivity contribution is 7.47. The van der Waals surface area contributed by atoms with Crippen molar-refractivity contribution in [1.29, 1.82) is 0 Å². The molecule has 1 rings (SSSR count). The van der Waals surface area contributed by atoms with Crippen LogP contribution in [0.5, 0.6) is 0 Å². The average Bonchev–Trinajstić information content (AvgIpc) is 3.29. The summed E-state index contributed by atoms with van der Waals surface area (Å²) < 4.78 is 22.9. The van der Waals surface area contributed by atoms with E-state index in [0.717, 1.165) is 44.9 Å². The van der Waals surface area contributed by atoms with E-state index in [1.165, 1.54) is 147 Å². The second-order valence-electron chi connectivity index (χ2n) is 18.9. The van der Waals surface area contributed by atoms with Crippen molar-refractivity contribution in [2.45, 2.75) is 281 Å². The first-order chi connectivity index (χ1) is 31.8. The summed E-state index contributed by atoms with van der Waals surface area (Å²) in [5.74, 6) is -0.604. The molecule has 0 spiro atoms. The molecule has 0 aliphatic heterocycles. The van der Waals surface area contributed by atoms with Gasteiger partial charge >= 0.3 is 7.82 Å². The van der Waals surface area contributed by atoms with Gasteiger partial charge in [-0.2, -0.15) is 0 Å². The van der Waals surface area contributed by atoms with Crippen LogP contribution in [0.25, 0.3) is 0 Å². The van der Waals surface area contributed by atoms with Crippen molar-refractivity contribution in [2.24, 2.45) is 0 Å². The monoisotopic (exact) mass is 960 g/mol. The molecule has 66 heavy (non-hydrogen) atoms. The van der Waals surface area contributed by atoms with E-state index in [0.29, 0.717) is 19.3 Å². The maximum Gasteiger partial charge on any atom is 0.472 e. The Balaban J connectivity index is 2.51. The van der Waals surface area contributed by atoms with Crippen LogP contribution >= 0.6 is 7.82 Å². The Bertz CT molecular complexity index is 1270. The van der Waals surface area contributed by atoms with Crippen molar-refractivity contribution in [3.8, 4) is 0 Å². The molecule has 14 heteroatoms. The molecule has 1 saturated carbocycles. The molecule has 0 heterocycles. The molecule has 8 unspecified atom stereocenters. The van der Waals surface area contributed by atoms with Crippen LogP contribution in [0.15, 0.2) is 36.5 Å². The van der Waals surface area contributed by atoms with Crippen LogP contribution in [0.2, 0.25) is 0 Å². The topological polar surface area (TPSA) is 226 Å². The van der Waals surface area contributed by atoms with Gasteiger partial charge in [-0.25, -0.2) is 4.57 Å². The predicted octanol–water partition coefficient (Wildman–Crippen LogP) is 10.1. The van der Waals surface area contributed by atoms with Gasteiger partial charge in [0, 0.05) is 0 Å². The highest BCUT2D eigenvalue weighted by Gasteiger charge is 2.51. The van der Waals surface area contributed by atoms with Gasteiger partial charge in [-0.3, -0.25) is 13.8 Å². The van der Waals surface area contributed by atoms with Gasteiger partial charge in [-0.15, -0.1) is 0 Å². The fourth-order valence-electron chi connectivity index (χ4n) is 8.39. The minimum Gasteiger partial charge on any atom is -0.393 e. The van der Waals surface area contributed by atoms with E-state index in [1.807, 2.05) is 0 Å². The molecule has 0 radical (unpaired) electrons. The fourth-order valence-corrected chi connectivity index (χ4v) is 9.36. The Morgan fingerprint density at radius 1 is 0.530 bits per heavy atom. The van der Waals surface area contributed by atoms with Crippen LogP contribution in [0, 0.1) is 0 Å². The molecule has 1 aliphatic rings. The van der Waals surface area contributed by atoms with Crippen molar-refractivity contribution in [3.05, 3.63) is 36.5 Å². The molecule has 1 aliphatic carbocycles. The molecule has 0 aromatic heterocycles. The third-order valence-corrected chi connectivity index (χ3v) is 13.7. The number of carbonyl (C=O) groups is 1. The molecule has 388 valence electrons. The summed E-state index contributed by atoms with van der Waals surface area (Å²) in [5, 5.41) is 74.7. The minimum absolute atomic E-state index is 0.253. The van der Waals surface area contributed by atoms with Crippen LogP contribution < -0.4 is 5.32 Å². The summed E-state index contributed by atoms with van der Waals surface area (Å²) in [6, 6.07) is -1.26. The summed E-state index contributed by atoms with van der Waals surface area (Å²) in [5.41, 5.74) is 0. The van der Waals surface area contributed by atoms with Crippen molar-refractivity contribution in [2.75, 3.05) is 6.61 Å². The number of rotatable bonds is 44. The number of nitrogens with one attached hydrogen (secondary N) is 1. The van der Waals surface area contributed by atoms with Crippen molar-refractivity contribution >= 4 is 13.7 Å². The number of allylic oxidation sites excluding steroid dienone is 5. The Labute approximate surface area is 400 Å². The second-order valence-corrected chi connectivity index (χ2v) is 20.3. The van der Waals surface area contributed by atoms with Crippen LogP contribution in [0.3, 0.4) is 0 Å². The molecule has 0 saturated heterocycles. The lowest BCUT2D eigenvalue weighted by Gasteiger charge is -2.41. The molecule has 1 fully saturated rings. The van der Waals surface area contributed by atoms with Gasteiger partial charge < -0.3 is 46.0 Å². The summed E-state index contributed by atoms with van der Waals surface area (Å²) >= 11 is 0. The quantitative estimate of drug-likeness (QED) is 0.0158. The van der Waals surface area contributed by atoms with Gasteiger partial charge in [0.2, 0.25) is 5.91 Å². The summed E-state index contributed by atoms with van der Waals surface area (Å²) in [6.07, 6.45) is 35.1.